The van der Waals surface area contributed by atoms with Gasteiger partial charge in [0.25, 0.3) is 0 Å². The molecule has 6 nitrogen and oxygen atoms in total. The first kappa shape index (κ1) is 22.2. The summed E-state index contributed by atoms with van der Waals surface area (Å²) in [4.78, 5) is 6.74. The summed E-state index contributed by atoms with van der Waals surface area (Å²) in [6.07, 6.45) is 3.54. The molecule has 0 aliphatic carbocycles. The smallest absolute Gasteiger partial charge is 0.387 e. The molecular formula is C20H32F2N4O2. The van der Waals surface area contributed by atoms with Crippen LogP contribution in [0, 0.1) is 5.92 Å². The predicted molar refractivity (Wildman–Crippen MR) is 107 cm³/mol. The Hall–Kier alpha value is -2.09. The monoisotopic (exact) mass is 398 g/mol. The Labute approximate surface area is 166 Å². The SMILES string of the molecule is CCCN1CCC(CNC(=NC)NCc2cc(OC)ccc2OC(F)F)CC1. The first-order valence-electron chi connectivity index (χ1n) is 9.84. The number of nitrogens with zero attached hydrogens (tertiary/aromatic N) is 2. The number of methoxy groups -OCH3 is 1. The van der Waals surface area contributed by atoms with Crippen LogP contribution in [0.15, 0.2) is 23.2 Å². The second-order valence-corrected chi connectivity index (χ2v) is 6.94. The highest BCUT2D eigenvalue weighted by Gasteiger charge is 2.19. The van der Waals surface area contributed by atoms with Gasteiger partial charge in [-0.1, -0.05) is 6.92 Å². The van der Waals surface area contributed by atoms with Gasteiger partial charge in [0.1, 0.15) is 11.5 Å². The van der Waals surface area contributed by atoms with Crippen LogP contribution in [0.1, 0.15) is 31.7 Å². The van der Waals surface area contributed by atoms with Crippen LogP contribution in [-0.4, -0.2) is 57.8 Å². The van der Waals surface area contributed by atoms with Gasteiger partial charge in [0, 0.05) is 25.7 Å². The fourth-order valence-corrected chi connectivity index (χ4v) is 3.40. The summed E-state index contributed by atoms with van der Waals surface area (Å²) in [5, 5.41) is 6.51. The molecule has 158 valence electrons. The van der Waals surface area contributed by atoms with Crippen molar-refractivity contribution in [3.63, 3.8) is 0 Å². The van der Waals surface area contributed by atoms with E-state index in [9.17, 15) is 8.78 Å². The Morgan fingerprint density at radius 2 is 2.04 bits per heavy atom. The lowest BCUT2D eigenvalue weighted by atomic mass is 9.97. The maximum absolute atomic E-state index is 12.6. The number of hydrogen-bond acceptors (Lipinski definition) is 4. The largest absolute Gasteiger partial charge is 0.497 e. The normalized spacial score (nSPS) is 16.3. The molecule has 0 unspecified atom stereocenters. The molecule has 1 fully saturated rings. The molecule has 1 aliphatic heterocycles. The number of hydrogen-bond donors (Lipinski definition) is 2. The lowest BCUT2D eigenvalue weighted by molar-refractivity contribution is -0.0504. The first-order valence-corrected chi connectivity index (χ1v) is 9.84. The molecule has 28 heavy (non-hydrogen) atoms. The van der Waals surface area contributed by atoms with Gasteiger partial charge in [0.05, 0.1) is 7.11 Å². The van der Waals surface area contributed by atoms with Gasteiger partial charge < -0.3 is 25.0 Å². The van der Waals surface area contributed by atoms with E-state index in [1.165, 1.54) is 39.0 Å². The summed E-state index contributed by atoms with van der Waals surface area (Å²) in [6, 6.07) is 4.77. The summed E-state index contributed by atoms with van der Waals surface area (Å²) in [7, 11) is 3.23. The van der Waals surface area contributed by atoms with Crippen LogP contribution in [-0.2, 0) is 6.54 Å². The van der Waals surface area contributed by atoms with Crippen molar-refractivity contribution < 1.29 is 18.3 Å². The molecule has 1 aromatic carbocycles. The Balaban J connectivity index is 1.85. The molecule has 1 aliphatic rings. The fourth-order valence-electron chi connectivity index (χ4n) is 3.40. The quantitative estimate of drug-likeness (QED) is 0.495. The fraction of sp³-hybridized carbons (Fsp3) is 0.650. The zero-order chi connectivity index (χ0) is 20.4. The third-order valence-electron chi connectivity index (χ3n) is 4.96. The second kappa shape index (κ2) is 11.7. The minimum atomic E-state index is -2.87. The lowest BCUT2D eigenvalue weighted by Crippen LogP contribution is -2.42. The highest BCUT2D eigenvalue weighted by atomic mass is 19.3. The average Bonchev–Trinajstić information content (AvgIpc) is 2.70. The van der Waals surface area contributed by atoms with E-state index in [-0.39, 0.29) is 5.75 Å². The minimum absolute atomic E-state index is 0.127. The first-order chi connectivity index (χ1) is 13.5. The Bertz CT molecular complexity index is 620. The standard InChI is InChI=1S/C20H32F2N4O2/c1-4-9-26-10-7-15(8-11-26)13-24-20(23-2)25-14-16-12-17(27-3)5-6-18(16)28-19(21)22/h5-6,12,15,19H,4,7-11,13-14H2,1-3H3,(H2,23,24,25). The van der Waals surface area contributed by atoms with Crippen molar-refractivity contribution in [3.05, 3.63) is 23.8 Å². The maximum Gasteiger partial charge on any atom is 0.387 e. The summed E-state index contributed by atoms with van der Waals surface area (Å²) in [5.74, 6) is 1.96. The summed E-state index contributed by atoms with van der Waals surface area (Å²) >= 11 is 0. The number of piperidine rings is 1. The summed E-state index contributed by atoms with van der Waals surface area (Å²) < 4.78 is 35.1. The molecule has 0 bridgehead atoms. The molecule has 0 saturated carbocycles. The highest BCUT2D eigenvalue weighted by Crippen LogP contribution is 2.25. The molecule has 0 radical (unpaired) electrons. The molecule has 1 saturated heterocycles. The van der Waals surface area contributed by atoms with Gasteiger partial charge in [-0.15, -0.1) is 0 Å². The van der Waals surface area contributed by atoms with Crippen LogP contribution in [0.2, 0.25) is 0 Å². The van der Waals surface area contributed by atoms with E-state index in [1.54, 1.807) is 19.2 Å². The van der Waals surface area contributed by atoms with Crippen molar-refractivity contribution in [2.45, 2.75) is 39.3 Å². The molecule has 2 N–H and O–H groups in total. The van der Waals surface area contributed by atoms with Crippen LogP contribution in [0.5, 0.6) is 11.5 Å². The van der Waals surface area contributed by atoms with Gasteiger partial charge >= 0.3 is 6.61 Å². The van der Waals surface area contributed by atoms with Crippen LogP contribution < -0.4 is 20.1 Å². The number of ether oxygens (including phenoxy) is 2. The molecular weight excluding hydrogens is 366 g/mol. The number of halogens is 2. The molecule has 1 aromatic rings. The summed E-state index contributed by atoms with van der Waals surface area (Å²) in [6.45, 7) is 3.94. The predicted octanol–water partition coefficient (Wildman–Crippen LogP) is 3.08. The second-order valence-electron chi connectivity index (χ2n) is 6.94. The van der Waals surface area contributed by atoms with Gasteiger partial charge in [-0.2, -0.15) is 8.78 Å². The van der Waals surface area contributed by atoms with E-state index in [4.69, 9.17) is 4.74 Å². The number of nitrogens with one attached hydrogen (secondary N) is 2. The average molecular weight is 398 g/mol. The molecule has 8 heteroatoms. The van der Waals surface area contributed by atoms with E-state index in [0.717, 1.165) is 19.6 Å². The zero-order valence-corrected chi connectivity index (χ0v) is 17.0. The highest BCUT2D eigenvalue weighted by molar-refractivity contribution is 5.79. The van der Waals surface area contributed by atoms with Gasteiger partial charge in [0.2, 0.25) is 0 Å². The van der Waals surface area contributed by atoms with E-state index < -0.39 is 6.61 Å². The van der Waals surface area contributed by atoms with Crippen LogP contribution in [0.25, 0.3) is 0 Å². The van der Waals surface area contributed by atoms with Gasteiger partial charge in [-0.25, -0.2) is 0 Å². The topological polar surface area (TPSA) is 58.1 Å². The van der Waals surface area contributed by atoms with Gasteiger partial charge in [0.15, 0.2) is 5.96 Å². The van der Waals surface area contributed by atoms with E-state index >= 15 is 0 Å². The van der Waals surface area contributed by atoms with Crippen molar-refractivity contribution in [2.24, 2.45) is 10.9 Å². The molecule has 0 spiro atoms. The van der Waals surface area contributed by atoms with E-state index in [2.05, 4.69) is 32.2 Å². The molecule has 0 atom stereocenters. The molecule has 1 heterocycles. The lowest BCUT2D eigenvalue weighted by Gasteiger charge is -2.32. The van der Waals surface area contributed by atoms with Crippen molar-refractivity contribution in [1.29, 1.82) is 0 Å². The molecule has 0 amide bonds. The zero-order valence-electron chi connectivity index (χ0n) is 17.0. The Morgan fingerprint density at radius 3 is 2.64 bits per heavy atom. The van der Waals surface area contributed by atoms with E-state index in [0.29, 0.717) is 29.7 Å². The number of aliphatic imine (C=N–C) groups is 1. The number of rotatable bonds is 9. The number of likely N-dealkylation sites (tertiary alicyclic amines) is 1. The van der Waals surface area contributed by atoms with Crippen LogP contribution in [0.4, 0.5) is 8.78 Å². The van der Waals surface area contributed by atoms with Gasteiger partial charge in [-0.05, 0) is 63.0 Å². The van der Waals surface area contributed by atoms with Crippen molar-refractivity contribution in [1.82, 2.24) is 15.5 Å². The van der Waals surface area contributed by atoms with Crippen molar-refractivity contribution in [2.75, 3.05) is 40.3 Å². The third kappa shape index (κ3) is 7.14. The van der Waals surface area contributed by atoms with E-state index in [1.807, 2.05) is 0 Å². The molecule has 0 aromatic heterocycles. The summed E-state index contributed by atoms with van der Waals surface area (Å²) in [5.41, 5.74) is 0.579. The van der Waals surface area contributed by atoms with Crippen molar-refractivity contribution >= 4 is 5.96 Å². The Morgan fingerprint density at radius 1 is 1.29 bits per heavy atom. The number of guanidine groups is 1. The number of benzene rings is 1. The number of alkyl halides is 2. The molecule has 2 rings (SSSR count). The van der Waals surface area contributed by atoms with Crippen molar-refractivity contribution in [3.8, 4) is 11.5 Å². The van der Waals surface area contributed by atoms with Crippen LogP contribution >= 0.6 is 0 Å². The van der Waals surface area contributed by atoms with Gasteiger partial charge in [-0.3, -0.25) is 4.99 Å². The third-order valence-corrected chi connectivity index (χ3v) is 4.96. The Kier molecular flexibility index (Phi) is 9.27. The maximum atomic E-state index is 12.6. The van der Waals surface area contributed by atoms with Crippen LogP contribution in [0.3, 0.4) is 0 Å². The minimum Gasteiger partial charge on any atom is -0.497 e.